The summed E-state index contributed by atoms with van der Waals surface area (Å²) in [4.78, 5) is 19.1. The fourth-order valence-electron chi connectivity index (χ4n) is 2.95. The Labute approximate surface area is 146 Å². The zero-order valence-corrected chi connectivity index (χ0v) is 14.7. The van der Waals surface area contributed by atoms with Gasteiger partial charge in [-0.15, -0.1) is 0 Å². The van der Waals surface area contributed by atoms with Crippen molar-refractivity contribution in [3.8, 4) is 0 Å². The second-order valence-electron chi connectivity index (χ2n) is 6.06. The molecule has 0 spiro atoms. The van der Waals surface area contributed by atoms with Crippen molar-refractivity contribution in [1.29, 1.82) is 0 Å². The van der Waals surface area contributed by atoms with E-state index in [1.54, 1.807) is 22.1 Å². The number of alkyl halides is 3. The summed E-state index contributed by atoms with van der Waals surface area (Å²) in [6, 6.07) is 3.65. The molecule has 3 aromatic rings. The lowest BCUT2D eigenvalue weighted by atomic mass is 10.1. The van der Waals surface area contributed by atoms with E-state index in [1.807, 2.05) is 6.07 Å². The highest BCUT2D eigenvalue weighted by Crippen LogP contribution is 2.22. The normalized spacial score (nSPS) is 13.2. The van der Waals surface area contributed by atoms with E-state index in [-0.39, 0.29) is 12.1 Å². The predicted octanol–water partition coefficient (Wildman–Crippen LogP) is 2.07. The Bertz CT molecular complexity index is 1090. The van der Waals surface area contributed by atoms with Gasteiger partial charge in [-0.3, -0.25) is 9.20 Å². The summed E-state index contributed by atoms with van der Waals surface area (Å²) in [5.41, 5.74) is -2.06. The lowest BCUT2D eigenvalue weighted by molar-refractivity contribution is -0.0447. The molecule has 142 valence electrons. The van der Waals surface area contributed by atoms with E-state index in [0.717, 1.165) is 5.56 Å². The van der Waals surface area contributed by atoms with Crippen LogP contribution in [-0.2, 0) is 16.4 Å². The summed E-state index contributed by atoms with van der Waals surface area (Å²) in [6.45, 7) is 1.49. The second kappa shape index (κ2) is 6.54. The quantitative estimate of drug-likeness (QED) is 0.604. The fraction of sp³-hybridized carbons (Fsp3) is 0.467. The molecule has 2 N–H and O–H groups in total. The van der Waals surface area contributed by atoms with E-state index < -0.39 is 15.5 Å². The topological polar surface area (TPSA) is 96.3 Å². The molecule has 3 rings (SSSR count). The van der Waals surface area contributed by atoms with Crippen molar-refractivity contribution in [3.05, 3.63) is 33.7 Å². The number of H-pyrrole nitrogens is 1. The molecule has 0 saturated carbocycles. The molecule has 0 aliphatic rings. The molecule has 3 aromatic heterocycles. The number of rotatable bonds is 7. The molecular formula is C15H17F3N4O3S. The summed E-state index contributed by atoms with van der Waals surface area (Å²) < 4.78 is 61.6. The number of pyridine rings is 1. The molecule has 0 aromatic carbocycles. The lowest BCUT2D eigenvalue weighted by Gasteiger charge is -2.09. The van der Waals surface area contributed by atoms with Crippen molar-refractivity contribution in [2.24, 2.45) is 0 Å². The van der Waals surface area contributed by atoms with Crippen LogP contribution < -0.4 is 10.3 Å². The van der Waals surface area contributed by atoms with Crippen LogP contribution >= 0.6 is 0 Å². The van der Waals surface area contributed by atoms with E-state index in [1.165, 1.54) is 0 Å². The molecule has 0 saturated heterocycles. The third-order valence-electron chi connectivity index (χ3n) is 4.20. The molecule has 0 bridgehead atoms. The Balaban J connectivity index is 1.58. The first-order valence-corrected chi connectivity index (χ1v) is 9.48. The minimum Gasteiger partial charge on any atom is -0.306 e. The number of hydrogen-bond acceptors (Lipinski definition) is 4. The maximum atomic E-state index is 12.2. The Morgan fingerprint density at radius 1 is 1.23 bits per heavy atom. The van der Waals surface area contributed by atoms with Gasteiger partial charge in [0, 0.05) is 6.54 Å². The average Bonchev–Trinajstić information content (AvgIpc) is 3.05. The van der Waals surface area contributed by atoms with Gasteiger partial charge in [0.1, 0.15) is 16.8 Å². The number of imidazole rings is 2. The number of aromatic amines is 1. The van der Waals surface area contributed by atoms with Crippen LogP contribution in [0.15, 0.2) is 16.9 Å². The van der Waals surface area contributed by atoms with Gasteiger partial charge in [0.2, 0.25) is 0 Å². The van der Waals surface area contributed by atoms with Crippen molar-refractivity contribution >= 4 is 26.8 Å². The number of aryl methyl sites for hydroxylation is 2. The number of aromatic nitrogens is 3. The molecular weight excluding hydrogens is 373 g/mol. The van der Waals surface area contributed by atoms with E-state index >= 15 is 0 Å². The van der Waals surface area contributed by atoms with Gasteiger partial charge in [-0.1, -0.05) is 12.5 Å². The molecule has 7 nitrogen and oxygen atoms in total. The van der Waals surface area contributed by atoms with Gasteiger partial charge in [0.05, 0.1) is 5.69 Å². The minimum absolute atomic E-state index is 0.195. The van der Waals surface area contributed by atoms with E-state index in [9.17, 15) is 26.4 Å². The van der Waals surface area contributed by atoms with Crippen molar-refractivity contribution in [1.82, 2.24) is 19.1 Å². The van der Waals surface area contributed by atoms with Crippen molar-refractivity contribution in [2.75, 3.05) is 6.54 Å². The molecule has 0 aliphatic carbocycles. The molecule has 0 fully saturated rings. The summed E-state index contributed by atoms with van der Waals surface area (Å²) in [6.07, 6.45) is 2.13. The van der Waals surface area contributed by atoms with Crippen molar-refractivity contribution < 1.29 is 21.6 Å². The largest absolute Gasteiger partial charge is 0.511 e. The van der Waals surface area contributed by atoms with Crippen LogP contribution in [0.2, 0.25) is 0 Å². The Morgan fingerprint density at radius 3 is 2.65 bits per heavy atom. The molecule has 26 heavy (non-hydrogen) atoms. The average molecular weight is 390 g/mol. The molecule has 0 unspecified atom stereocenters. The number of nitrogens with one attached hydrogen (secondary N) is 2. The van der Waals surface area contributed by atoms with Crippen LogP contribution in [0.25, 0.3) is 16.8 Å². The van der Waals surface area contributed by atoms with Gasteiger partial charge < -0.3 is 4.98 Å². The van der Waals surface area contributed by atoms with Crippen LogP contribution in [0, 0.1) is 6.92 Å². The number of halogens is 3. The fourth-order valence-corrected chi connectivity index (χ4v) is 3.52. The Hall–Kier alpha value is -2.14. The van der Waals surface area contributed by atoms with Crippen LogP contribution in [0.4, 0.5) is 13.2 Å². The van der Waals surface area contributed by atoms with Crippen molar-refractivity contribution in [3.63, 3.8) is 0 Å². The predicted molar refractivity (Wildman–Crippen MR) is 89.8 cm³/mol. The third-order valence-corrected chi connectivity index (χ3v) is 5.39. The Kier molecular flexibility index (Phi) is 4.69. The van der Waals surface area contributed by atoms with Gasteiger partial charge in [0.25, 0.3) is 5.56 Å². The summed E-state index contributed by atoms with van der Waals surface area (Å²) in [5.74, 6) is 0. The first kappa shape index (κ1) is 18.6. The number of hydrogen-bond donors (Lipinski definition) is 2. The van der Waals surface area contributed by atoms with Crippen LogP contribution in [0.5, 0.6) is 0 Å². The number of nitrogens with zero attached hydrogens (tertiary/aromatic N) is 2. The highest BCUT2D eigenvalue weighted by atomic mass is 32.2. The van der Waals surface area contributed by atoms with E-state index in [2.05, 4.69) is 9.97 Å². The summed E-state index contributed by atoms with van der Waals surface area (Å²) >= 11 is 0. The summed E-state index contributed by atoms with van der Waals surface area (Å²) in [5, 5.41) is 0. The monoisotopic (exact) mass is 390 g/mol. The molecule has 3 heterocycles. The lowest BCUT2D eigenvalue weighted by Crippen LogP contribution is -2.36. The van der Waals surface area contributed by atoms with Crippen molar-refractivity contribution in [2.45, 2.75) is 38.1 Å². The van der Waals surface area contributed by atoms with Crippen LogP contribution in [0.1, 0.15) is 30.5 Å². The summed E-state index contributed by atoms with van der Waals surface area (Å²) in [7, 11) is -5.27. The zero-order valence-electron chi connectivity index (χ0n) is 13.9. The zero-order chi connectivity index (χ0) is 19.1. The van der Waals surface area contributed by atoms with Gasteiger partial charge in [-0.25, -0.2) is 18.1 Å². The maximum Gasteiger partial charge on any atom is 0.511 e. The molecule has 0 amide bonds. The third kappa shape index (κ3) is 3.28. The first-order valence-electron chi connectivity index (χ1n) is 8.00. The number of sulfonamides is 1. The first-order chi connectivity index (χ1) is 12.1. The molecule has 11 heteroatoms. The maximum absolute atomic E-state index is 12.2. The van der Waals surface area contributed by atoms with Gasteiger partial charge >= 0.3 is 15.5 Å². The minimum atomic E-state index is -5.28. The van der Waals surface area contributed by atoms with E-state index in [4.69, 9.17) is 0 Å². The molecule has 0 radical (unpaired) electrons. The standard InChI is InChI=1S/C15H17F3N4O3S/c1-9-12-14(23)21-11-7-6-10(13(20-9)22(11)12)5-3-2-4-8-19-26(24,25)15(16,17)18/h6-7,19H,2-5,8H2,1H3,(H,21,23). The highest BCUT2D eigenvalue weighted by Gasteiger charge is 2.45. The molecule has 0 aliphatic heterocycles. The molecule has 0 atom stereocenters. The van der Waals surface area contributed by atoms with Gasteiger partial charge in [0.15, 0.2) is 0 Å². The smallest absolute Gasteiger partial charge is 0.306 e. The number of unbranched alkanes of at least 4 members (excludes halogenated alkanes) is 2. The van der Waals surface area contributed by atoms with Crippen LogP contribution in [-0.4, -0.2) is 34.8 Å². The Morgan fingerprint density at radius 2 is 1.96 bits per heavy atom. The van der Waals surface area contributed by atoms with Gasteiger partial charge in [-0.2, -0.15) is 13.2 Å². The van der Waals surface area contributed by atoms with Crippen LogP contribution in [0.3, 0.4) is 0 Å². The highest BCUT2D eigenvalue weighted by molar-refractivity contribution is 7.90. The SMILES string of the molecule is Cc1nc2c(CCCCCNS(=O)(=O)C(F)(F)F)ccc3[nH]c(=O)c1n32. The second-order valence-corrected chi connectivity index (χ2v) is 7.82. The van der Waals surface area contributed by atoms with Gasteiger partial charge in [-0.05, 0) is 37.8 Å². The van der Waals surface area contributed by atoms with E-state index in [0.29, 0.717) is 48.2 Å².